The third kappa shape index (κ3) is 8.02. The van der Waals surface area contributed by atoms with Gasteiger partial charge in [0, 0.05) is 49.1 Å². The van der Waals surface area contributed by atoms with Gasteiger partial charge in [-0.05, 0) is 114 Å². The molecule has 2 aliphatic heterocycles. The maximum atomic E-state index is 12.1. The number of piperidine rings is 1. The molecule has 1 amide bonds. The van der Waals surface area contributed by atoms with Crippen LogP contribution in [-0.2, 0) is 17.7 Å². The molecule has 1 saturated heterocycles. The molecule has 9 heteroatoms. The second-order valence-corrected chi connectivity index (χ2v) is 15.9. The summed E-state index contributed by atoms with van der Waals surface area (Å²) in [6, 6.07) is 13.2. The normalized spacial score (nSPS) is 18.5. The second kappa shape index (κ2) is 14.2. The minimum atomic E-state index is -0.457. The Bertz CT molecular complexity index is 1550. The number of aromatic nitrogens is 1. The molecule has 3 aromatic rings. The molecule has 3 aliphatic rings. The lowest BCUT2D eigenvalue weighted by Gasteiger charge is -2.52. The van der Waals surface area contributed by atoms with Crippen LogP contribution in [0.2, 0.25) is 0 Å². The number of rotatable bonds is 10. The van der Waals surface area contributed by atoms with E-state index in [0.29, 0.717) is 12.0 Å². The number of alkyl carbamates (subject to hydrolysis) is 1. The number of ether oxygens (including phenoxy) is 2. The van der Waals surface area contributed by atoms with Gasteiger partial charge in [-0.3, -0.25) is 4.90 Å². The van der Waals surface area contributed by atoms with Crippen LogP contribution in [0.15, 0.2) is 36.4 Å². The zero-order chi connectivity index (χ0) is 33.2. The van der Waals surface area contributed by atoms with Crippen LogP contribution in [0.25, 0.3) is 21.7 Å². The lowest BCUT2D eigenvalue weighted by Crippen LogP contribution is -2.55. The number of carbonyl (C=O) groups is 1. The van der Waals surface area contributed by atoms with E-state index in [2.05, 4.69) is 65.4 Å². The standard InChI is InChI=1S/C38H52N4O4S/c1-26-29(9-6-11-31(26)35-40-32-13-17-42(20-21-43)25-34(32)47-35)30-10-7-12-33(27(30)2)45-22-8-16-41-18-14-38(15-19-41)23-28(24-38)39-36(44)46-37(3,4)5/h6-7,9-12,28,43H,8,13-25H2,1-5H3,(H,39,44). The highest BCUT2D eigenvalue weighted by atomic mass is 32.1. The smallest absolute Gasteiger partial charge is 0.407 e. The van der Waals surface area contributed by atoms with E-state index >= 15 is 0 Å². The average molecular weight is 661 g/mol. The Hall–Kier alpha value is -2.98. The van der Waals surface area contributed by atoms with E-state index in [9.17, 15) is 9.90 Å². The number of benzene rings is 2. The predicted molar refractivity (Wildman–Crippen MR) is 189 cm³/mol. The van der Waals surface area contributed by atoms with Crippen LogP contribution in [0, 0.1) is 19.3 Å². The van der Waals surface area contributed by atoms with E-state index < -0.39 is 5.60 Å². The van der Waals surface area contributed by atoms with Crippen molar-refractivity contribution in [3.8, 4) is 27.4 Å². The van der Waals surface area contributed by atoms with Crippen molar-refractivity contribution in [2.75, 3.05) is 45.9 Å². The highest BCUT2D eigenvalue weighted by Crippen LogP contribution is 2.49. The van der Waals surface area contributed by atoms with Crippen LogP contribution in [0.1, 0.15) is 74.6 Å². The largest absolute Gasteiger partial charge is 0.493 e. The van der Waals surface area contributed by atoms with Gasteiger partial charge in [0.05, 0.1) is 18.9 Å². The number of β-amino-alcohol motifs (C(OH)–C–C–N with tert-alkyl or cyclic N) is 1. The highest BCUT2D eigenvalue weighted by Gasteiger charge is 2.46. The van der Waals surface area contributed by atoms with Crippen LogP contribution in [0.4, 0.5) is 4.79 Å². The van der Waals surface area contributed by atoms with Crippen molar-refractivity contribution in [2.45, 2.75) is 91.3 Å². The molecule has 254 valence electrons. The maximum Gasteiger partial charge on any atom is 0.407 e. The Kier molecular flexibility index (Phi) is 10.3. The Morgan fingerprint density at radius 3 is 2.43 bits per heavy atom. The summed E-state index contributed by atoms with van der Waals surface area (Å²) in [6.07, 6.45) is 6.18. The Morgan fingerprint density at radius 2 is 1.70 bits per heavy atom. The van der Waals surface area contributed by atoms with Crippen molar-refractivity contribution in [1.29, 1.82) is 0 Å². The molecule has 0 unspecified atom stereocenters. The Balaban J connectivity index is 0.994. The predicted octanol–water partition coefficient (Wildman–Crippen LogP) is 6.98. The van der Waals surface area contributed by atoms with Gasteiger partial charge in [-0.15, -0.1) is 11.3 Å². The summed E-state index contributed by atoms with van der Waals surface area (Å²) in [4.78, 5) is 23.4. The molecule has 1 saturated carbocycles. The molecular weight excluding hydrogens is 609 g/mol. The van der Waals surface area contributed by atoms with Crippen molar-refractivity contribution >= 4 is 17.4 Å². The number of aliphatic hydroxyl groups excluding tert-OH is 1. The summed E-state index contributed by atoms with van der Waals surface area (Å²) in [6.45, 7) is 16.8. The molecule has 0 bridgehead atoms. The number of likely N-dealkylation sites (tertiary alicyclic amines) is 1. The molecule has 2 fully saturated rings. The maximum absolute atomic E-state index is 12.1. The quantitative estimate of drug-likeness (QED) is 0.227. The fourth-order valence-electron chi connectivity index (χ4n) is 7.61. The summed E-state index contributed by atoms with van der Waals surface area (Å²) in [5, 5.41) is 13.5. The van der Waals surface area contributed by atoms with Crippen LogP contribution < -0.4 is 10.1 Å². The fourth-order valence-corrected chi connectivity index (χ4v) is 8.84. The van der Waals surface area contributed by atoms with Crippen molar-refractivity contribution in [3.63, 3.8) is 0 Å². The van der Waals surface area contributed by atoms with Crippen LogP contribution in [-0.4, -0.2) is 83.6 Å². The van der Waals surface area contributed by atoms with E-state index in [1.165, 1.54) is 51.2 Å². The third-order valence-corrected chi connectivity index (χ3v) is 11.4. The van der Waals surface area contributed by atoms with Crippen molar-refractivity contribution in [1.82, 2.24) is 20.1 Å². The number of nitrogens with zero attached hydrogens (tertiary/aromatic N) is 3. The van der Waals surface area contributed by atoms with Crippen LogP contribution >= 0.6 is 11.3 Å². The first-order chi connectivity index (χ1) is 22.5. The first-order valence-corrected chi connectivity index (χ1v) is 18.2. The van der Waals surface area contributed by atoms with Gasteiger partial charge in [0.15, 0.2) is 0 Å². The zero-order valence-electron chi connectivity index (χ0n) is 28.9. The number of carbonyl (C=O) groups excluding carboxylic acids is 1. The van der Waals surface area contributed by atoms with Crippen LogP contribution in [0.5, 0.6) is 5.75 Å². The molecule has 47 heavy (non-hydrogen) atoms. The van der Waals surface area contributed by atoms with Crippen molar-refractivity contribution < 1.29 is 19.4 Å². The van der Waals surface area contributed by atoms with Gasteiger partial charge < -0.3 is 24.8 Å². The molecular formula is C38H52N4O4S. The molecule has 1 aromatic heterocycles. The number of fused-ring (bicyclic) bond motifs is 1. The SMILES string of the molecule is Cc1c(OCCCN2CCC3(CC2)CC(NC(=O)OC(C)(C)C)C3)cccc1-c1cccc(-c2nc3c(s2)CN(CCO)CC3)c1C. The third-order valence-electron chi connectivity index (χ3n) is 10.2. The summed E-state index contributed by atoms with van der Waals surface area (Å²) in [5.41, 5.74) is 7.19. The van der Waals surface area contributed by atoms with Gasteiger partial charge in [-0.1, -0.05) is 30.3 Å². The molecule has 6 rings (SSSR count). The van der Waals surface area contributed by atoms with E-state index in [1.54, 1.807) is 11.3 Å². The first kappa shape index (κ1) is 33.9. The van der Waals surface area contributed by atoms with Crippen molar-refractivity contribution in [3.05, 3.63) is 58.1 Å². The summed E-state index contributed by atoms with van der Waals surface area (Å²) < 4.78 is 11.8. The number of amides is 1. The van der Waals surface area contributed by atoms with Crippen LogP contribution in [0.3, 0.4) is 0 Å². The molecule has 2 aromatic carbocycles. The van der Waals surface area contributed by atoms with Gasteiger partial charge in [0.2, 0.25) is 0 Å². The first-order valence-electron chi connectivity index (χ1n) is 17.4. The van der Waals surface area contributed by atoms with E-state index in [-0.39, 0.29) is 18.7 Å². The van der Waals surface area contributed by atoms with E-state index in [4.69, 9.17) is 14.5 Å². The Labute approximate surface area is 284 Å². The van der Waals surface area contributed by atoms with Gasteiger partial charge in [0.25, 0.3) is 0 Å². The van der Waals surface area contributed by atoms with Gasteiger partial charge in [-0.25, -0.2) is 9.78 Å². The molecule has 1 spiro atoms. The molecule has 0 radical (unpaired) electrons. The van der Waals surface area contributed by atoms with E-state index in [1.807, 2.05) is 20.8 Å². The van der Waals surface area contributed by atoms with E-state index in [0.717, 1.165) is 75.7 Å². The van der Waals surface area contributed by atoms with Gasteiger partial charge in [0.1, 0.15) is 16.4 Å². The molecule has 3 heterocycles. The van der Waals surface area contributed by atoms with Gasteiger partial charge >= 0.3 is 6.09 Å². The monoisotopic (exact) mass is 660 g/mol. The lowest BCUT2D eigenvalue weighted by molar-refractivity contribution is -0.00310. The fraction of sp³-hybridized carbons (Fsp3) is 0.579. The number of nitrogens with one attached hydrogen (secondary N) is 1. The minimum Gasteiger partial charge on any atom is -0.493 e. The number of hydrogen-bond acceptors (Lipinski definition) is 8. The number of aliphatic hydroxyl groups is 1. The van der Waals surface area contributed by atoms with Gasteiger partial charge in [-0.2, -0.15) is 0 Å². The summed E-state index contributed by atoms with van der Waals surface area (Å²) in [7, 11) is 0. The molecule has 2 N–H and O–H groups in total. The summed E-state index contributed by atoms with van der Waals surface area (Å²) in [5.74, 6) is 0.955. The Morgan fingerprint density at radius 1 is 1.00 bits per heavy atom. The van der Waals surface area contributed by atoms with Crippen molar-refractivity contribution in [2.24, 2.45) is 5.41 Å². The number of hydrogen-bond donors (Lipinski definition) is 2. The average Bonchev–Trinajstić information content (AvgIpc) is 3.43. The minimum absolute atomic E-state index is 0.197. The topological polar surface area (TPSA) is 87.2 Å². The summed E-state index contributed by atoms with van der Waals surface area (Å²) >= 11 is 1.79. The lowest BCUT2D eigenvalue weighted by atomic mass is 9.60. The highest BCUT2D eigenvalue weighted by molar-refractivity contribution is 7.15. The second-order valence-electron chi connectivity index (χ2n) is 14.8. The molecule has 1 aliphatic carbocycles. The molecule has 8 nitrogen and oxygen atoms in total. The zero-order valence-corrected chi connectivity index (χ0v) is 29.7. The number of thiazole rings is 1. The molecule has 0 atom stereocenters.